The average molecular weight is 391 g/mol. The Hall–Kier alpha value is -1.24. The van der Waals surface area contributed by atoms with Crippen molar-refractivity contribution in [3.63, 3.8) is 0 Å². The molecule has 7 heteroatoms. The van der Waals surface area contributed by atoms with Gasteiger partial charge in [-0.15, -0.1) is 0 Å². The predicted molar refractivity (Wildman–Crippen MR) is 88.8 cm³/mol. The molecule has 1 aromatic carbocycles. The summed E-state index contributed by atoms with van der Waals surface area (Å²) in [6.45, 7) is -0.323. The second-order valence-electron chi connectivity index (χ2n) is 8.83. The van der Waals surface area contributed by atoms with E-state index in [2.05, 4.69) is 0 Å². The second kappa shape index (κ2) is 6.13. The number of halogens is 6. The van der Waals surface area contributed by atoms with Crippen LogP contribution < -0.4 is 0 Å². The lowest BCUT2D eigenvalue weighted by Crippen LogP contribution is -2.58. The first-order valence-electron chi connectivity index (χ1n) is 9.45. The molecule has 0 radical (unpaired) electrons. The van der Waals surface area contributed by atoms with Crippen LogP contribution in [-0.2, 0) is 18.9 Å². The highest BCUT2D eigenvalue weighted by Crippen LogP contribution is 2.58. The molecule has 150 valence electrons. The molecular weight excluding hydrogens is 368 g/mol. The van der Waals surface area contributed by atoms with Gasteiger partial charge in [0.15, 0.2) is 0 Å². The van der Waals surface area contributed by atoms with Gasteiger partial charge < -0.3 is 0 Å². The first-order valence-corrected chi connectivity index (χ1v) is 9.45. The second-order valence-corrected chi connectivity index (χ2v) is 8.83. The topological polar surface area (TPSA) is 3.24 Å². The fourth-order valence-corrected chi connectivity index (χ4v) is 6.23. The van der Waals surface area contributed by atoms with Crippen LogP contribution >= 0.6 is 0 Å². The van der Waals surface area contributed by atoms with Crippen molar-refractivity contribution in [3.8, 4) is 0 Å². The summed E-state index contributed by atoms with van der Waals surface area (Å²) in [5, 5.41) is 0. The van der Waals surface area contributed by atoms with E-state index in [4.69, 9.17) is 0 Å². The number of nitrogens with zero attached hydrogens (tertiary/aromatic N) is 1. The summed E-state index contributed by atoms with van der Waals surface area (Å²) in [5.74, 6) is 1.70. The van der Waals surface area contributed by atoms with Crippen molar-refractivity contribution < 1.29 is 26.3 Å². The molecule has 4 aliphatic rings. The lowest BCUT2D eigenvalue weighted by atomic mass is 9.52. The van der Waals surface area contributed by atoms with Crippen LogP contribution in [0.5, 0.6) is 0 Å². The number of benzene rings is 1. The van der Waals surface area contributed by atoms with Crippen LogP contribution in [0.2, 0.25) is 0 Å². The van der Waals surface area contributed by atoms with Gasteiger partial charge in [0, 0.05) is 12.1 Å². The first-order chi connectivity index (χ1) is 12.5. The quantitative estimate of drug-likeness (QED) is 0.561. The molecule has 5 rings (SSSR count). The Bertz CT molecular complexity index is 653. The van der Waals surface area contributed by atoms with Gasteiger partial charge in [0.25, 0.3) is 0 Å². The number of rotatable bonds is 3. The number of hydrogen-bond donors (Lipinski definition) is 0. The van der Waals surface area contributed by atoms with Gasteiger partial charge in [-0.3, -0.25) is 4.90 Å². The summed E-state index contributed by atoms with van der Waals surface area (Å²) >= 11 is 0. The fourth-order valence-electron chi connectivity index (χ4n) is 6.23. The summed E-state index contributed by atoms with van der Waals surface area (Å²) in [5.41, 5.74) is -3.24. The van der Waals surface area contributed by atoms with Crippen LogP contribution in [0, 0.1) is 17.8 Å². The zero-order chi connectivity index (χ0) is 19.6. The van der Waals surface area contributed by atoms with E-state index >= 15 is 0 Å². The van der Waals surface area contributed by atoms with Crippen LogP contribution in [0.4, 0.5) is 26.3 Å². The van der Waals surface area contributed by atoms with E-state index in [-0.39, 0.29) is 12.1 Å². The third-order valence-corrected chi connectivity index (χ3v) is 7.00. The van der Waals surface area contributed by atoms with Gasteiger partial charge in [-0.1, -0.05) is 6.07 Å². The molecule has 0 aromatic heterocycles. The molecule has 4 saturated carbocycles. The van der Waals surface area contributed by atoms with Crippen LogP contribution in [0.1, 0.15) is 55.2 Å². The van der Waals surface area contributed by atoms with Crippen LogP contribution in [0.15, 0.2) is 18.2 Å². The molecule has 4 fully saturated rings. The third-order valence-electron chi connectivity index (χ3n) is 7.00. The fraction of sp³-hybridized carbons (Fsp3) is 0.700. The van der Waals surface area contributed by atoms with Gasteiger partial charge in [0.05, 0.1) is 11.1 Å². The minimum absolute atomic E-state index is 0.254. The summed E-state index contributed by atoms with van der Waals surface area (Å²) in [6.07, 6.45) is -3.43. The Morgan fingerprint density at radius 2 is 1.26 bits per heavy atom. The molecule has 4 bridgehead atoms. The highest BCUT2D eigenvalue weighted by atomic mass is 19.4. The van der Waals surface area contributed by atoms with Crippen molar-refractivity contribution in [1.29, 1.82) is 0 Å². The molecule has 0 atom stereocenters. The standard InChI is InChI=1S/C20H23F6N/c1-27(18-8-12-5-13(9-18)7-14(6-12)10-18)11-15-16(19(21,22)23)3-2-4-17(15)20(24,25)26/h2-4,12-14H,5-11H2,1H3. The number of hydrogen-bond acceptors (Lipinski definition) is 1. The Morgan fingerprint density at radius 1 is 0.852 bits per heavy atom. The van der Waals surface area contributed by atoms with Gasteiger partial charge in [0.2, 0.25) is 0 Å². The van der Waals surface area contributed by atoms with E-state index < -0.39 is 29.0 Å². The normalized spacial score (nSPS) is 33.1. The monoisotopic (exact) mass is 391 g/mol. The Labute approximate surface area is 154 Å². The zero-order valence-electron chi connectivity index (χ0n) is 15.1. The summed E-state index contributed by atoms with van der Waals surface area (Å²) in [6, 6.07) is 2.37. The molecule has 27 heavy (non-hydrogen) atoms. The van der Waals surface area contributed by atoms with Gasteiger partial charge in [-0.25, -0.2) is 0 Å². The lowest BCUT2D eigenvalue weighted by Gasteiger charge is -2.60. The van der Waals surface area contributed by atoms with Crippen molar-refractivity contribution in [1.82, 2.24) is 4.90 Å². The first kappa shape index (κ1) is 19.1. The van der Waals surface area contributed by atoms with Crippen LogP contribution in [0.25, 0.3) is 0 Å². The molecule has 0 amide bonds. The van der Waals surface area contributed by atoms with E-state index in [9.17, 15) is 26.3 Å². The van der Waals surface area contributed by atoms with E-state index in [1.165, 1.54) is 19.3 Å². The van der Waals surface area contributed by atoms with Crippen molar-refractivity contribution in [3.05, 3.63) is 34.9 Å². The van der Waals surface area contributed by atoms with Crippen molar-refractivity contribution in [2.75, 3.05) is 7.05 Å². The SMILES string of the molecule is CN(Cc1c(C(F)(F)F)cccc1C(F)(F)F)C12CC3CC(CC(C3)C1)C2. The molecule has 0 heterocycles. The van der Waals surface area contributed by atoms with Crippen LogP contribution in [-0.4, -0.2) is 17.5 Å². The van der Waals surface area contributed by atoms with Gasteiger partial charge in [-0.2, -0.15) is 26.3 Å². The van der Waals surface area contributed by atoms with Gasteiger partial charge in [-0.05, 0) is 81.0 Å². The van der Waals surface area contributed by atoms with E-state index in [0.29, 0.717) is 17.8 Å². The highest BCUT2D eigenvalue weighted by Gasteiger charge is 2.53. The molecule has 0 aliphatic heterocycles. The van der Waals surface area contributed by atoms with Gasteiger partial charge >= 0.3 is 12.4 Å². The molecular formula is C20H23F6N. The van der Waals surface area contributed by atoms with E-state index in [1.807, 2.05) is 0 Å². The largest absolute Gasteiger partial charge is 0.416 e. The third kappa shape index (κ3) is 3.36. The maximum absolute atomic E-state index is 13.4. The lowest BCUT2D eigenvalue weighted by molar-refractivity contribution is -0.146. The summed E-state index contributed by atoms with van der Waals surface area (Å²) < 4.78 is 80.7. The number of alkyl halides is 6. The Kier molecular flexibility index (Phi) is 4.33. The van der Waals surface area contributed by atoms with Crippen molar-refractivity contribution in [2.45, 2.75) is 63.0 Å². The molecule has 0 N–H and O–H groups in total. The minimum atomic E-state index is -4.81. The van der Waals surface area contributed by atoms with Gasteiger partial charge in [0.1, 0.15) is 0 Å². The summed E-state index contributed by atoms with van der Waals surface area (Å²) in [4.78, 5) is 1.80. The average Bonchev–Trinajstić information content (AvgIpc) is 2.51. The summed E-state index contributed by atoms with van der Waals surface area (Å²) in [7, 11) is 1.71. The van der Waals surface area contributed by atoms with E-state index in [0.717, 1.165) is 37.5 Å². The van der Waals surface area contributed by atoms with Crippen LogP contribution in [0.3, 0.4) is 0 Å². The zero-order valence-corrected chi connectivity index (χ0v) is 15.1. The molecule has 1 aromatic rings. The highest BCUT2D eigenvalue weighted by molar-refractivity contribution is 5.39. The smallest absolute Gasteiger partial charge is 0.296 e. The van der Waals surface area contributed by atoms with Crippen molar-refractivity contribution >= 4 is 0 Å². The maximum atomic E-state index is 13.4. The van der Waals surface area contributed by atoms with E-state index in [1.54, 1.807) is 11.9 Å². The Balaban J connectivity index is 1.70. The molecule has 4 aliphatic carbocycles. The molecule has 0 saturated heterocycles. The molecule has 1 nitrogen and oxygen atoms in total. The predicted octanol–water partition coefficient (Wildman–Crippen LogP) is 6.12. The molecule has 0 spiro atoms. The molecule has 0 unspecified atom stereocenters. The Morgan fingerprint density at radius 3 is 1.63 bits per heavy atom. The van der Waals surface area contributed by atoms with Crippen molar-refractivity contribution in [2.24, 2.45) is 17.8 Å². The maximum Gasteiger partial charge on any atom is 0.416 e. The minimum Gasteiger partial charge on any atom is -0.296 e.